The monoisotopic (exact) mass is 240 g/mol. The fraction of sp³-hybridized carbons (Fsp3) is 0. The number of hydrogen-bond acceptors (Lipinski definition) is 4. The molecule has 0 atom stereocenters. The van der Waals surface area contributed by atoms with E-state index in [4.69, 9.17) is 0 Å². The van der Waals surface area contributed by atoms with Crippen molar-refractivity contribution in [3.05, 3.63) is 29.5 Å². The van der Waals surface area contributed by atoms with Gasteiger partial charge < -0.3 is 5.21 Å². The van der Waals surface area contributed by atoms with Crippen molar-refractivity contribution >= 4 is 33.1 Å². The molecule has 1 aromatic carbocycles. The fourth-order valence-corrected chi connectivity index (χ4v) is 1.20. The van der Waals surface area contributed by atoms with Crippen LogP contribution in [0.1, 0.15) is 0 Å². The van der Waals surface area contributed by atoms with Gasteiger partial charge in [-0.3, -0.25) is 4.34 Å². The van der Waals surface area contributed by atoms with Crippen molar-refractivity contribution in [2.24, 2.45) is 0 Å². The first-order valence-corrected chi connectivity index (χ1v) is 4.34. The topological polar surface area (TPSA) is 64.8 Å². The maximum atomic E-state index is 11.3. The van der Waals surface area contributed by atoms with E-state index < -0.39 is 0 Å². The van der Waals surface area contributed by atoms with E-state index >= 15 is 0 Å². The number of benzene rings is 1. The summed E-state index contributed by atoms with van der Waals surface area (Å²) in [7, 11) is 0. The number of para-hydroxylation sites is 2. The van der Waals surface area contributed by atoms with Crippen LogP contribution in [0.15, 0.2) is 24.3 Å². The summed E-state index contributed by atoms with van der Waals surface area (Å²) in [6.07, 6.45) is 0. The maximum absolute atomic E-state index is 11.3. The van der Waals surface area contributed by atoms with Crippen LogP contribution < -0.4 is 9.19 Å². The van der Waals surface area contributed by atoms with Crippen molar-refractivity contribution in [3.8, 4) is 0 Å². The van der Waals surface area contributed by atoms with Crippen molar-refractivity contribution in [3.63, 3.8) is 0 Å². The molecule has 2 aromatic rings. The molecule has 0 unspecified atom stereocenters. The zero-order chi connectivity index (χ0) is 9.26. The lowest BCUT2D eigenvalue weighted by Crippen LogP contribution is -2.32. The average Bonchev–Trinajstić information content (AvgIpc) is 2.18. The lowest BCUT2D eigenvalue weighted by Gasteiger charge is -1.99. The van der Waals surface area contributed by atoms with Gasteiger partial charge in [0.05, 0.1) is 5.10 Å². The van der Waals surface area contributed by atoms with Gasteiger partial charge in [0.25, 0.3) is 5.52 Å². The van der Waals surface area contributed by atoms with Gasteiger partial charge in [0.15, 0.2) is 0 Å². The highest BCUT2D eigenvalue weighted by molar-refractivity contribution is 9.10. The van der Waals surface area contributed by atoms with Gasteiger partial charge in [-0.2, -0.15) is 0 Å². The van der Waals surface area contributed by atoms with E-state index in [0.29, 0.717) is 15.9 Å². The molecule has 0 amide bonds. The molecule has 13 heavy (non-hydrogen) atoms. The number of hydrogen-bond donors (Lipinski definition) is 1. The van der Waals surface area contributed by atoms with Gasteiger partial charge in [-0.1, -0.05) is 12.1 Å². The minimum atomic E-state index is 0.244. The molecule has 6 heteroatoms. The molecule has 1 aromatic heterocycles. The van der Waals surface area contributed by atoms with E-state index in [9.17, 15) is 5.21 Å². The summed E-state index contributed by atoms with van der Waals surface area (Å²) < 4.78 is 2.53. The maximum Gasteiger partial charge on any atom is 0.300 e. The predicted octanol–water partition coefficient (Wildman–Crippen LogP) is 0.985. The van der Waals surface area contributed by atoms with Crippen molar-refractivity contribution < 1.29 is 4.85 Å². The normalized spacial score (nSPS) is 10.2. The third-order valence-electron chi connectivity index (χ3n) is 1.58. The SMILES string of the molecule is [O-][n+]1nc(NBr)nc2ccccc21. The van der Waals surface area contributed by atoms with E-state index in [-0.39, 0.29) is 5.95 Å². The van der Waals surface area contributed by atoms with E-state index in [1.165, 1.54) is 0 Å². The highest BCUT2D eigenvalue weighted by Gasteiger charge is 2.07. The number of halogens is 1. The molecular weight excluding hydrogens is 236 g/mol. The van der Waals surface area contributed by atoms with Crippen LogP contribution in [0.2, 0.25) is 0 Å². The molecule has 1 N–H and O–H groups in total. The number of fused-ring (bicyclic) bond motifs is 1. The third kappa shape index (κ3) is 1.40. The minimum Gasteiger partial charge on any atom is -0.594 e. The number of anilines is 1. The Kier molecular flexibility index (Phi) is 1.97. The van der Waals surface area contributed by atoms with Gasteiger partial charge in [0, 0.05) is 22.2 Å². The molecule has 0 saturated heterocycles. The van der Waals surface area contributed by atoms with Crippen molar-refractivity contribution in [1.82, 2.24) is 10.1 Å². The second-order valence-corrected chi connectivity index (χ2v) is 2.79. The second-order valence-electron chi connectivity index (χ2n) is 2.39. The Labute approximate surface area is 82.3 Å². The summed E-state index contributed by atoms with van der Waals surface area (Å²) in [5.74, 6) is 0.244. The van der Waals surface area contributed by atoms with Crippen LogP contribution in [-0.4, -0.2) is 10.1 Å². The first-order chi connectivity index (χ1) is 6.31. The lowest BCUT2D eigenvalue weighted by molar-refractivity contribution is -0.641. The number of aromatic nitrogens is 3. The van der Waals surface area contributed by atoms with E-state index in [2.05, 4.69) is 30.6 Å². The molecule has 0 aliphatic heterocycles. The third-order valence-corrected chi connectivity index (χ3v) is 1.94. The zero-order valence-electron chi connectivity index (χ0n) is 6.44. The summed E-state index contributed by atoms with van der Waals surface area (Å²) in [5, 5.41) is 14.9. The Hall–Kier alpha value is -1.43. The van der Waals surface area contributed by atoms with Gasteiger partial charge in [0.2, 0.25) is 0 Å². The van der Waals surface area contributed by atoms with E-state index in [1.54, 1.807) is 18.2 Å². The van der Waals surface area contributed by atoms with Crippen LogP contribution in [0.5, 0.6) is 0 Å². The largest absolute Gasteiger partial charge is 0.594 e. The summed E-state index contributed by atoms with van der Waals surface area (Å²) in [6.45, 7) is 0. The zero-order valence-corrected chi connectivity index (χ0v) is 8.02. The lowest BCUT2D eigenvalue weighted by atomic mass is 10.3. The highest BCUT2D eigenvalue weighted by Crippen LogP contribution is 2.07. The number of rotatable bonds is 1. The van der Waals surface area contributed by atoms with Gasteiger partial charge >= 0.3 is 5.95 Å². The quantitative estimate of drug-likeness (QED) is 0.459. The van der Waals surface area contributed by atoms with Crippen LogP contribution in [0.4, 0.5) is 5.95 Å². The highest BCUT2D eigenvalue weighted by atomic mass is 79.9. The van der Waals surface area contributed by atoms with Gasteiger partial charge in [-0.15, -0.1) is 0 Å². The molecule has 0 aliphatic rings. The molecule has 0 saturated carbocycles. The second kappa shape index (κ2) is 3.14. The molecule has 2 rings (SSSR count). The molecule has 0 fully saturated rings. The molecule has 0 radical (unpaired) electrons. The Morgan fingerprint density at radius 2 is 2.15 bits per heavy atom. The van der Waals surface area contributed by atoms with Crippen LogP contribution in [0, 0.1) is 5.21 Å². The van der Waals surface area contributed by atoms with Gasteiger partial charge in [-0.05, 0) is 10.9 Å². The summed E-state index contributed by atoms with van der Waals surface area (Å²) in [4.78, 5) is 4.60. The van der Waals surface area contributed by atoms with Crippen molar-refractivity contribution in [2.45, 2.75) is 0 Å². The Morgan fingerprint density at radius 3 is 2.92 bits per heavy atom. The number of nitrogens with one attached hydrogen (secondary N) is 1. The van der Waals surface area contributed by atoms with Gasteiger partial charge in [0.1, 0.15) is 5.52 Å². The average molecular weight is 241 g/mol. The molecule has 1 heterocycles. The standard InChI is InChI=1S/C7H5BrN4O/c8-10-7-9-5-3-1-2-4-6(5)12(13)11-7/h1-4H,(H,9,10,11). The molecule has 0 spiro atoms. The summed E-state index contributed by atoms with van der Waals surface area (Å²) in [6, 6.07) is 6.99. The molecular formula is C7H5BrN4O. The van der Waals surface area contributed by atoms with Crippen molar-refractivity contribution in [2.75, 3.05) is 4.34 Å². The first kappa shape index (κ1) is 8.18. The minimum absolute atomic E-state index is 0.244. The first-order valence-electron chi connectivity index (χ1n) is 3.54. The molecule has 0 aliphatic carbocycles. The Balaban J connectivity index is 2.77. The summed E-state index contributed by atoms with van der Waals surface area (Å²) in [5.41, 5.74) is 1.06. The fourth-order valence-electron chi connectivity index (χ4n) is 1.04. The number of nitrogens with zero attached hydrogens (tertiary/aromatic N) is 3. The van der Waals surface area contributed by atoms with Crippen LogP contribution in [0.3, 0.4) is 0 Å². The molecule has 66 valence electrons. The van der Waals surface area contributed by atoms with E-state index in [0.717, 1.165) is 0 Å². The van der Waals surface area contributed by atoms with Gasteiger partial charge in [-0.25, -0.2) is 4.98 Å². The molecule has 0 bridgehead atoms. The van der Waals surface area contributed by atoms with Crippen molar-refractivity contribution in [1.29, 1.82) is 0 Å². The Morgan fingerprint density at radius 1 is 1.38 bits per heavy atom. The predicted molar refractivity (Wildman–Crippen MR) is 51.0 cm³/mol. The van der Waals surface area contributed by atoms with E-state index in [1.807, 2.05) is 6.07 Å². The molecule has 5 nitrogen and oxygen atoms in total. The van der Waals surface area contributed by atoms with Crippen LogP contribution in [-0.2, 0) is 0 Å². The summed E-state index contributed by atoms with van der Waals surface area (Å²) >= 11 is 2.95. The van der Waals surface area contributed by atoms with Crippen LogP contribution >= 0.6 is 16.1 Å². The van der Waals surface area contributed by atoms with Crippen LogP contribution in [0.25, 0.3) is 11.0 Å². The smallest absolute Gasteiger partial charge is 0.300 e. The Bertz CT molecular complexity index is 447.